The van der Waals surface area contributed by atoms with E-state index in [1.807, 2.05) is 0 Å². The molecule has 0 spiro atoms. The summed E-state index contributed by atoms with van der Waals surface area (Å²) < 4.78 is 36.5. The minimum atomic E-state index is -2.11. The number of amides is 3. The minimum Gasteiger partial charge on any atom is -0.459 e. The number of rotatable bonds is 13. The van der Waals surface area contributed by atoms with Gasteiger partial charge in [0.05, 0.1) is 17.4 Å². The van der Waals surface area contributed by atoms with Crippen LogP contribution in [0.15, 0.2) is 168 Å². The normalized spacial score (nSPS) is 14.9. The van der Waals surface area contributed by atoms with Crippen LogP contribution in [0.4, 0.5) is 48.6 Å². The van der Waals surface area contributed by atoms with Crippen LogP contribution in [0.1, 0.15) is 38.2 Å². The lowest BCUT2D eigenvalue weighted by atomic mass is 9.91. The highest BCUT2D eigenvalue weighted by Crippen LogP contribution is 2.28. The number of halogens is 2. The molecule has 2 unspecified atom stereocenters. The highest BCUT2D eigenvalue weighted by molar-refractivity contribution is 7.81. The van der Waals surface area contributed by atoms with Gasteiger partial charge >= 0.3 is 0 Å². The molecule has 14 nitrogen and oxygen atoms in total. The second-order valence-corrected chi connectivity index (χ2v) is 15.9. The number of benzene rings is 5. The molecule has 0 saturated carbocycles. The van der Waals surface area contributed by atoms with E-state index in [1.54, 1.807) is 109 Å². The van der Waals surface area contributed by atoms with Crippen LogP contribution < -0.4 is 47.9 Å². The lowest BCUT2D eigenvalue weighted by Crippen LogP contribution is -2.67. The van der Waals surface area contributed by atoms with Gasteiger partial charge in [0.2, 0.25) is 0 Å². The Morgan fingerprint density at radius 2 is 1.04 bits per heavy atom. The third-order valence-corrected chi connectivity index (χ3v) is 10.4. The van der Waals surface area contributed by atoms with Gasteiger partial charge in [-0.2, -0.15) is 0 Å². The first-order valence-electron chi connectivity index (χ1n) is 20.2. The number of Topliss-reactive ketones (excluding diaryl/α,β-unsaturated/α-hetero) is 1. The average molecular weight is 956 g/mol. The largest absolute Gasteiger partial charge is 0.459 e. The van der Waals surface area contributed by atoms with Crippen molar-refractivity contribution in [2.75, 3.05) is 37.2 Å². The van der Waals surface area contributed by atoms with Crippen LogP contribution in [-0.2, 0) is 4.79 Å². The van der Waals surface area contributed by atoms with Crippen molar-refractivity contribution in [2.24, 2.45) is 0 Å². The van der Waals surface area contributed by atoms with Gasteiger partial charge < -0.3 is 52.3 Å². The number of thiocarbonyl (C=S) groups is 3. The molecule has 6 aromatic rings. The molecular weight excluding hydrogens is 917 g/mol. The van der Waals surface area contributed by atoms with E-state index in [-0.39, 0.29) is 38.0 Å². The van der Waals surface area contributed by atoms with Crippen LogP contribution in [0.5, 0.6) is 0 Å². The van der Waals surface area contributed by atoms with E-state index < -0.39 is 35.4 Å². The van der Waals surface area contributed by atoms with Crippen molar-refractivity contribution in [1.82, 2.24) is 10.6 Å². The van der Waals surface area contributed by atoms with Crippen molar-refractivity contribution in [3.63, 3.8) is 0 Å². The lowest BCUT2D eigenvalue weighted by Gasteiger charge is -2.39. The second kappa shape index (κ2) is 21.2. The van der Waals surface area contributed by atoms with Gasteiger partial charge in [-0.15, -0.1) is 0 Å². The smallest absolute Gasteiger partial charge is 0.291 e. The third kappa shape index (κ3) is 12.4. The van der Waals surface area contributed by atoms with Crippen molar-refractivity contribution in [1.29, 1.82) is 0 Å². The zero-order valence-corrected chi connectivity index (χ0v) is 37.6. The average Bonchev–Trinajstić information content (AvgIpc) is 3.85. The number of hydrogen-bond acceptors (Lipinski definition) is 8. The van der Waals surface area contributed by atoms with Crippen LogP contribution in [0.25, 0.3) is 0 Å². The Morgan fingerprint density at radius 1 is 0.552 bits per heavy atom. The third-order valence-electron chi connectivity index (χ3n) is 9.80. The SMILES string of the molecule is CC(=O)c1cccc(NC(=S)Nc2ccc(NC(=O)C3=CC=CC(NC(=S)Nc4ccc(NC(=O)c5ccco5)cc4)(NC(=S)Nc4ccc(NC(=O)c5ccccc5F)cc4)C3F)cc2)c1. The molecule has 19 heteroatoms. The number of allylic oxidation sites excluding steroid dienone is 2. The van der Waals surface area contributed by atoms with E-state index in [4.69, 9.17) is 41.1 Å². The van der Waals surface area contributed by atoms with E-state index in [1.165, 1.54) is 55.7 Å². The van der Waals surface area contributed by atoms with Crippen molar-refractivity contribution in [2.45, 2.75) is 18.8 Å². The minimum absolute atomic E-state index is 0.0615. The molecule has 0 fully saturated rings. The molecule has 0 aliphatic heterocycles. The maximum atomic E-state index is 17.2. The van der Waals surface area contributed by atoms with Crippen molar-refractivity contribution >= 4 is 115 Å². The Hall–Kier alpha value is -8.13. The number of hydrogen-bond donors (Lipinski definition) is 9. The molecule has 0 bridgehead atoms. The van der Waals surface area contributed by atoms with Crippen molar-refractivity contribution in [3.8, 4) is 0 Å². The standard InChI is InChI=1S/C48H39F2N9O5S3/c1-28(60)29-7-4-8-36(27-29)57-45(65)54-33-19-13-31(14-20-33)52-43(62)38-10-5-25-48(41(38)50,59-47(67)56-35-23-17-32(18-24-35)53-44(63)40-12-6-26-64-40)58-46(66)55-34-21-15-30(16-22-34)51-42(61)37-9-2-3-11-39(37)49/h2-27,41H,1H3,(H,51,61)(H,52,62)(H,53,63)(H2,54,57,65)(H2,55,58,66)(H2,56,59,67). The molecule has 338 valence electrons. The second-order valence-electron chi connectivity index (χ2n) is 14.6. The number of carbonyl (C=O) groups is 4. The van der Waals surface area contributed by atoms with Gasteiger partial charge in [0.25, 0.3) is 17.7 Å². The van der Waals surface area contributed by atoms with Gasteiger partial charge in [0, 0.05) is 45.4 Å². The summed E-state index contributed by atoms with van der Waals surface area (Å²) in [5, 5.41) is 26.2. The number of carbonyl (C=O) groups excluding carboxylic acids is 4. The predicted octanol–water partition coefficient (Wildman–Crippen LogP) is 9.38. The fourth-order valence-electron chi connectivity index (χ4n) is 6.52. The Labute approximate surface area is 398 Å². The Balaban J connectivity index is 1.03. The molecule has 3 amide bonds. The van der Waals surface area contributed by atoms with Crippen LogP contribution in [-0.4, -0.2) is 50.7 Å². The van der Waals surface area contributed by atoms with Crippen LogP contribution in [0.2, 0.25) is 0 Å². The maximum absolute atomic E-state index is 17.2. The highest BCUT2D eigenvalue weighted by Gasteiger charge is 2.44. The molecule has 1 aromatic heterocycles. The van der Waals surface area contributed by atoms with E-state index in [2.05, 4.69) is 47.9 Å². The molecule has 1 aliphatic carbocycles. The van der Waals surface area contributed by atoms with Crippen molar-refractivity contribution in [3.05, 3.63) is 186 Å². The Bertz CT molecular complexity index is 2910. The number of furan rings is 1. The fraction of sp³-hybridized carbons (Fsp3) is 0.0625. The number of ketones is 1. The summed E-state index contributed by atoms with van der Waals surface area (Å²) in [5.74, 6) is -2.44. The van der Waals surface area contributed by atoms with Gasteiger partial charge in [-0.25, -0.2) is 8.78 Å². The molecular formula is C48H39F2N9O5S3. The molecule has 7 rings (SSSR count). The lowest BCUT2D eigenvalue weighted by molar-refractivity contribution is -0.113. The molecule has 67 heavy (non-hydrogen) atoms. The molecule has 9 N–H and O–H groups in total. The molecule has 1 heterocycles. The number of nitrogens with one attached hydrogen (secondary N) is 9. The Morgan fingerprint density at radius 3 is 1.57 bits per heavy atom. The topological polar surface area (TPSA) is 190 Å². The predicted molar refractivity (Wildman–Crippen MR) is 269 cm³/mol. The first-order valence-corrected chi connectivity index (χ1v) is 21.4. The van der Waals surface area contributed by atoms with Gasteiger partial charge in [0.1, 0.15) is 5.82 Å². The molecule has 1 aliphatic rings. The van der Waals surface area contributed by atoms with E-state index in [0.29, 0.717) is 45.4 Å². The van der Waals surface area contributed by atoms with Gasteiger partial charge in [-0.05, 0) is 159 Å². The molecule has 2 atom stereocenters. The van der Waals surface area contributed by atoms with Crippen LogP contribution in [0, 0.1) is 5.82 Å². The van der Waals surface area contributed by atoms with Crippen LogP contribution in [0.3, 0.4) is 0 Å². The zero-order valence-electron chi connectivity index (χ0n) is 35.1. The zero-order chi connectivity index (χ0) is 47.5. The summed E-state index contributed by atoms with van der Waals surface area (Å²) in [7, 11) is 0. The van der Waals surface area contributed by atoms with Crippen molar-refractivity contribution < 1.29 is 32.4 Å². The summed E-state index contributed by atoms with van der Waals surface area (Å²) in [6, 6.07) is 35.1. The summed E-state index contributed by atoms with van der Waals surface area (Å²) in [6.07, 6.45) is 3.52. The van der Waals surface area contributed by atoms with E-state index in [9.17, 15) is 23.6 Å². The number of anilines is 7. The monoisotopic (exact) mass is 955 g/mol. The quantitative estimate of drug-likeness (QED) is 0.0303. The van der Waals surface area contributed by atoms with Gasteiger partial charge in [0.15, 0.2) is 38.7 Å². The fourth-order valence-corrected chi connectivity index (χ4v) is 7.33. The molecule has 0 radical (unpaired) electrons. The van der Waals surface area contributed by atoms with Crippen LogP contribution >= 0.6 is 36.7 Å². The maximum Gasteiger partial charge on any atom is 0.291 e. The molecule has 0 saturated heterocycles. The first-order chi connectivity index (χ1) is 32.2. The van der Waals surface area contributed by atoms with Gasteiger partial charge in [-0.3, -0.25) is 19.2 Å². The van der Waals surface area contributed by atoms with Gasteiger partial charge in [-0.1, -0.05) is 36.4 Å². The Kier molecular flexibility index (Phi) is 14.9. The molecule has 5 aromatic carbocycles. The summed E-state index contributed by atoms with van der Waals surface area (Å²) in [5.41, 5.74) is 1.52. The summed E-state index contributed by atoms with van der Waals surface area (Å²) in [4.78, 5) is 50.7. The number of alkyl halides is 1. The van der Waals surface area contributed by atoms with E-state index in [0.717, 1.165) is 0 Å². The van der Waals surface area contributed by atoms with E-state index >= 15 is 4.39 Å². The summed E-state index contributed by atoms with van der Waals surface area (Å²) in [6.45, 7) is 1.47. The summed E-state index contributed by atoms with van der Waals surface area (Å²) >= 11 is 16.8. The highest BCUT2D eigenvalue weighted by atomic mass is 32.1. The first kappa shape index (κ1) is 46.9.